The van der Waals surface area contributed by atoms with Crippen LogP contribution in [0.3, 0.4) is 0 Å². The van der Waals surface area contributed by atoms with Gasteiger partial charge in [0.1, 0.15) is 6.71 Å². The molecule has 1 heteroatoms. The first-order valence-corrected chi connectivity index (χ1v) is 7.37. The second kappa shape index (κ2) is 3.93. The second-order valence-corrected chi connectivity index (χ2v) is 6.89. The van der Waals surface area contributed by atoms with Crippen molar-refractivity contribution in [3.8, 4) is 0 Å². The van der Waals surface area contributed by atoms with Crippen molar-refractivity contribution in [3.63, 3.8) is 0 Å². The number of allylic oxidation sites excluding steroid dienone is 1. The normalized spacial score (nSPS) is 37.8. The van der Waals surface area contributed by atoms with Crippen LogP contribution in [0.5, 0.6) is 0 Å². The van der Waals surface area contributed by atoms with Gasteiger partial charge in [0.05, 0.1) is 0 Å². The van der Waals surface area contributed by atoms with E-state index in [0.717, 1.165) is 23.9 Å². The zero-order valence-corrected chi connectivity index (χ0v) is 10.8. The minimum Gasteiger partial charge on any atom is -0.0998 e. The Bertz CT molecular complexity index is 286. The Hall–Kier alpha value is -0.195. The number of rotatable bonds is 0. The summed E-state index contributed by atoms with van der Waals surface area (Å²) in [6.07, 6.45) is 13.3. The predicted octanol–water partition coefficient (Wildman–Crippen LogP) is 4.80. The molecule has 3 fully saturated rings. The molecule has 0 aromatic heterocycles. The zero-order chi connectivity index (χ0) is 11.2. The third-order valence-electron chi connectivity index (χ3n) is 6.00. The number of hydrogen-bond acceptors (Lipinski definition) is 0. The minimum atomic E-state index is 0.734. The van der Waals surface area contributed by atoms with E-state index in [1.54, 1.807) is 5.57 Å². The summed E-state index contributed by atoms with van der Waals surface area (Å²) in [5.74, 6) is 2.00. The largest absolute Gasteiger partial charge is 0.144 e. The third kappa shape index (κ3) is 1.58. The van der Waals surface area contributed by atoms with Crippen LogP contribution in [0, 0.1) is 11.8 Å². The van der Waals surface area contributed by atoms with E-state index in [2.05, 4.69) is 13.4 Å². The summed E-state index contributed by atoms with van der Waals surface area (Å²) in [6.45, 7) is 7.84. The Morgan fingerprint density at radius 2 is 1.94 bits per heavy atom. The van der Waals surface area contributed by atoms with Crippen molar-refractivity contribution in [2.45, 2.75) is 69.8 Å². The van der Waals surface area contributed by atoms with Gasteiger partial charge in [0.25, 0.3) is 0 Å². The monoisotopic (exact) mass is 216 g/mol. The molecule has 2 saturated carbocycles. The van der Waals surface area contributed by atoms with Gasteiger partial charge in [-0.3, -0.25) is 0 Å². The fraction of sp³-hybridized carbons (Fsp3) is 0.867. The highest BCUT2D eigenvalue weighted by Gasteiger charge is 2.51. The zero-order valence-electron chi connectivity index (χ0n) is 10.8. The van der Waals surface area contributed by atoms with E-state index in [1.165, 1.54) is 57.7 Å². The Balaban J connectivity index is 1.87. The highest BCUT2D eigenvalue weighted by atomic mass is 14.5. The van der Waals surface area contributed by atoms with Crippen molar-refractivity contribution in [1.82, 2.24) is 0 Å². The topological polar surface area (TPSA) is 0 Å². The van der Waals surface area contributed by atoms with E-state index in [4.69, 9.17) is 0 Å². The average molecular weight is 216 g/mol. The van der Waals surface area contributed by atoms with Crippen LogP contribution < -0.4 is 0 Å². The molecule has 1 heterocycles. The lowest BCUT2D eigenvalue weighted by molar-refractivity contribution is 0.180. The molecule has 2 bridgehead atoms. The molecular formula is C15H25B. The van der Waals surface area contributed by atoms with Crippen molar-refractivity contribution in [3.05, 3.63) is 12.2 Å². The molecule has 1 aliphatic heterocycles. The summed E-state index contributed by atoms with van der Waals surface area (Å²) in [5.41, 5.74) is 1.57. The van der Waals surface area contributed by atoms with Crippen LogP contribution in [0.4, 0.5) is 0 Å². The van der Waals surface area contributed by atoms with Crippen LogP contribution in [0.15, 0.2) is 12.2 Å². The lowest BCUT2D eigenvalue weighted by Gasteiger charge is -2.55. The van der Waals surface area contributed by atoms with E-state index in [1.807, 2.05) is 0 Å². The maximum atomic E-state index is 4.30. The lowest BCUT2D eigenvalue weighted by Crippen LogP contribution is -2.46. The van der Waals surface area contributed by atoms with Crippen LogP contribution in [-0.4, -0.2) is 6.71 Å². The van der Waals surface area contributed by atoms with Gasteiger partial charge in [-0.15, -0.1) is 0 Å². The molecule has 2 unspecified atom stereocenters. The molecule has 2 aliphatic carbocycles. The summed E-state index contributed by atoms with van der Waals surface area (Å²) in [6, 6.07) is 0. The summed E-state index contributed by atoms with van der Waals surface area (Å²) in [7, 11) is 0. The summed E-state index contributed by atoms with van der Waals surface area (Å²) in [5, 5.41) is 0.734. The molecule has 1 saturated heterocycles. The molecule has 0 nitrogen and oxygen atoms in total. The van der Waals surface area contributed by atoms with E-state index >= 15 is 0 Å². The van der Waals surface area contributed by atoms with Gasteiger partial charge in [-0.1, -0.05) is 57.4 Å². The molecule has 0 radical (unpaired) electrons. The molecular weight excluding hydrogens is 191 g/mol. The smallest absolute Gasteiger partial charge is 0.0998 e. The molecule has 0 aromatic carbocycles. The Morgan fingerprint density at radius 3 is 2.69 bits per heavy atom. The predicted molar refractivity (Wildman–Crippen MR) is 72.2 cm³/mol. The van der Waals surface area contributed by atoms with Gasteiger partial charge in [-0.2, -0.15) is 0 Å². The highest BCUT2D eigenvalue weighted by Crippen LogP contribution is 2.62. The minimum absolute atomic E-state index is 0.734. The molecule has 3 rings (SSSR count). The van der Waals surface area contributed by atoms with Crippen molar-refractivity contribution in [2.75, 3.05) is 0 Å². The SMILES string of the molecule is C=C1CC2CB(C)C3(CCCCC3)C(C1)C2. The molecule has 0 aromatic rings. The molecule has 16 heavy (non-hydrogen) atoms. The number of hydrogen-bond donors (Lipinski definition) is 0. The van der Waals surface area contributed by atoms with E-state index < -0.39 is 0 Å². The quantitative estimate of drug-likeness (QED) is 0.403. The van der Waals surface area contributed by atoms with Gasteiger partial charge < -0.3 is 0 Å². The summed E-state index contributed by atoms with van der Waals surface area (Å²) in [4.78, 5) is 0. The van der Waals surface area contributed by atoms with Gasteiger partial charge in [0.2, 0.25) is 0 Å². The molecule has 88 valence electrons. The number of fused-ring (bicyclic) bond motifs is 3. The van der Waals surface area contributed by atoms with Crippen LogP contribution in [0.25, 0.3) is 0 Å². The van der Waals surface area contributed by atoms with Crippen molar-refractivity contribution >= 4 is 6.71 Å². The van der Waals surface area contributed by atoms with Crippen LogP contribution in [0.1, 0.15) is 51.4 Å². The van der Waals surface area contributed by atoms with Gasteiger partial charge in [-0.25, -0.2) is 0 Å². The lowest BCUT2D eigenvalue weighted by atomic mass is 9.22. The van der Waals surface area contributed by atoms with Crippen molar-refractivity contribution in [2.24, 2.45) is 11.8 Å². The van der Waals surface area contributed by atoms with E-state index in [-0.39, 0.29) is 0 Å². The summed E-state index contributed by atoms with van der Waals surface area (Å²) >= 11 is 0. The average Bonchev–Trinajstić information content (AvgIpc) is 2.27. The molecule has 0 amide bonds. The highest BCUT2D eigenvalue weighted by molar-refractivity contribution is 6.61. The second-order valence-electron chi connectivity index (χ2n) is 6.89. The molecule has 0 N–H and O–H groups in total. The first-order chi connectivity index (χ1) is 7.71. The standard InChI is InChI=1S/C15H25B/c1-12-8-13-10-14(9-12)15(16(2)11-13)6-4-3-5-7-15/h13-14H,1,3-11H2,2H3. The van der Waals surface area contributed by atoms with Gasteiger partial charge in [0.15, 0.2) is 0 Å². The fourth-order valence-corrected chi connectivity index (χ4v) is 5.27. The Labute approximate surface area is 101 Å². The first kappa shape index (κ1) is 10.9. The third-order valence-corrected chi connectivity index (χ3v) is 6.00. The van der Waals surface area contributed by atoms with Crippen molar-refractivity contribution in [1.29, 1.82) is 0 Å². The molecule has 3 aliphatic rings. The summed E-state index contributed by atoms with van der Waals surface area (Å²) < 4.78 is 0. The van der Waals surface area contributed by atoms with Crippen LogP contribution >= 0.6 is 0 Å². The van der Waals surface area contributed by atoms with E-state index in [0.29, 0.717) is 0 Å². The Kier molecular flexibility index (Phi) is 2.68. The maximum absolute atomic E-state index is 4.30. The van der Waals surface area contributed by atoms with E-state index in [9.17, 15) is 0 Å². The van der Waals surface area contributed by atoms with Gasteiger partial charge in [-0.05, 0) is 36.4 Å². The maximum Gasteiger partial charge on any atom is 0.144 e. The Morgan fingerprint density at radius 1 is 1.19 bits per heavy atom. The van der Waals surface area contributed by atoms with Crippen molar-refractivity contribution < 1.29 is 0 Å². The van der Waals surface area contributed by atoms with Crippen LogP contribution in [-0.2, 0) is 0 Å². The first-order valence-electron chi connectivity index (χ1n) is 7.37. The van der Waals surface area contributed by atoms with Crippen LogP contribution in [0.2, 0.25) is 18.5 Å². The molecule has 1 spiro atoms. The fourth-order valence-electron chi connectivity index (χ4n) is 5.27. The molecule has 2 atom stereocenters. The van der Waals surface area contributed by atoms with Gasteiger partial charge >= 0.3 is 0 Å². The van der Waals surface area contributed by atoms with Gasteiger partial charge in [0, 0.05) is 0 Å².